The smallest absolute Gasteiger partial charge is 0.268 e. The van der Waals surface area contributed by atoms with E-state index in [1.165, 1.54) is 141 Å². The van der Waals surface area contributed by atoms with E-state index in [0.717, 1.165) is 70.6 Å². The minimum absolute atomic E-state index is 0.0495. The van der Waals surface area contributed by atoms with E-state index in [1.54, 1.807) is 0 Å². The average molecular weight is 1020 g/mol. The highest BCUT2D eigenvalue weighted by molar-refractivity contribution is 7.45. The average Bonchev–Trinajstić information content (AvgIpc) is 3.33. The Morgan fingerprint density at radius 2 is 0.901 bits per heavy atom. The van der Waals surface area contributed by atoms with Crippen LogP contribution >= 0.6 is 7.82 Å². The second-order valence-electron chi connectivity index (χ2n) is 21.1. The fourth-order valence-electron chi connectivity index (χ4n) is 8.38. The van der Waals surface area contributed by atoms with Crippen LogP contribution in [0.5, 0.6) is 0 Å². The first-order valence-corrected chi connectivity index (χ1v) is 30.8. The molecular weight excluding hydrogens is 904 g/mol. The summed E-state index contributed by atoms with van der Waals surface area (Å²) in [4.78, 5) is 25.5. The lowest BCUT2D eigenvalue weighted by Crippen LogP contribution is -2.51. The lowest BCUT2D eigenvalue weighted by molar-refractivity contribution is -0.870. The molecule has 0 spiro atoms. The predicted octanol–water partition coefficient (Wildman–Crippen LogP) is 16.2. The standard InChI is InChI=1S/C61H113N2O7P/c1-6-8-10-12-14-16-18-20-21-22-23-24-25-26-27-28-29-30-31-32-33-34-35-36-37-38-39-40-41-42-44-46-48-50-52-54-60(65)62-58(57-70-71(67,68)69-56-55-63(3,4)5)61(66)59(64)53-51-49-47-45-43-19-17-15-13-11-9-7-2/h8,10,14-17,20-21,23-24,45,47,58-59,61,64,66H,6-7,9,11-13,18-19,22,25-44,46,48-57H2,1-5H3,(H-,62,65,67,68)/b10-8-,16-14-,17-15+,21-20-,24-23-,47-45+. The monoisotopic (exact) mass is 1020 g/mol. The Hall–Kier alpha value is -2.10. The summed E-state index contributed by atoms with van der Waals surface area (Å²) in [6.07, 6.45) is 67.1. The lowest BCUT2D eigenvalue weighted by atomic mass is 10.0. The minimum Gasteiger partial charge on any atom is -0.756 e. The number of aliphatic hydroxyl groups excluding tert-OH is 2. The van der Waals surface area contributed by atoms with Crippen molar-refractivity contribution in [3.63, 3.8) is 0 Å². The van der Waals surface area contributed by atoms with Crippen molar-refractivity contribution >= 4 is 13.7 Å². The van der Waals surface area contributed by atoms with Gasteiger partial charge in [-0.15, -0.1) is 0 Å². The zero-order valence-electron chi connectivity index (χ0n) is 46.8. The number of rotatable bonds is 53. The third-order valence-corrected chi connectivity index (χ3v) is 14.0. The van der Waals surface area contributed by atoms with Gasteiger partial charge >= 0.3 is 0 Å². The SMILES string of the molecule is CC/C=C\C/C=C\C/C=C\C/C=C\CCCCCCCCCCCCCCCCCCCCCCCCC(=O)NC(COP(=O)([O-])OCC[N+](C)(C)C)C(O)C(O)CCC/C=C/CC/C=C/CCCCC. The predicted molar refractivity (Wildman–Crippen MR) is 303 cm³/mol. The Labute approximate surface area is 438 Å². The molecule has 4 unspecified atom stereocenters. The van der Waals surface area contributed by atoms with E-state index in [4.69, 9.17) is 9.05 Å². The summed E-state index contributed by atoms with van der Waals surface area (Å²) in [5.74, 6) is -0.291. The third-order valence-electron chi connectivity index (χ3n) is 13.0. The van der Waals surface area contributed by atoms with E-state index < -0.39 is 32.7 Å². The number of hydrogen-bond donors (Lipinski definition) is 3. The zero-order chi connectivity index (χ0) is 52.2. The molecule has 0 aliphatic heterocycles. The molecule has 71 heavy (non-hydrogen) atoms. The van der Waals surface area contributed by atoms with Crippen molar-refractivity contribution in [2.24, 2.45) is 0 Å². The number of nitrogens with zero attached hydrogens (tertiary/aromatic N) is 1. The summed E-state index contributed by atoms with van der Waals surface area (Å²) < 4.78 is 23.2. The van der Waals surface area contributed by atoms with Gasteiger partial charge in [0.2, 0.25) is 5.91 Å². The van der Waals surface area contributed by atoms with E-state index >= 15 is 0 Å². The molecule has 0 fully saturated rings. The summed E-state index contributed by atoms with van der Waals surface area (Å²) in [5, 5.41) is 24.7. The molecule has 4 atom stereocenters. The lowest BCUT2D eigenvalue weighted by Gasteiger charge is -2.31. The molecule has 0 aliphatic carbocycles. The number of aliphatic hydroxyl groups is 2. The van der Waals surface area contributed by atoms with E-state index in [0.29, 0.717) is 30.3 Å². The first-order chi connectivity index (χ1) is 34.4. The minimum atomic E-state index is -4.68. The molecule has 0 heterocycles. The molecule has 414 valence electrons. The maximum atomic E-state index is 13.0. The van der Waals surface area contributed by atoms with Gasteiger partial charge in [0.1, 0.15) is 19.3 Å². The number of phosphoric acid groups is 1. The Bertz CT molecular complexity index is 1400. The first-order valence-electron chi connectivity index (χ1n) is 29.4. The van der Waals surface area contributed by atoms with Crippen LogP contribution in [-0.4, -0.2) is 79.8 Å². The highest BCUT2D eigenvalue weighted by Gasteiger charge is 2.29. The molecule has 0 aromatic carbocycles. The highest BCUT2D eigenvalue weighted by Crippen LogP contribution is 2.38. The number of carbonyl (C=O) groups is 1. The highest BCUT2D eigenvalue weighted by atomic mass is 31.2. The number of quaternary nitrogens is 1. The largest absolute Gasteiger partial charge is 0.756 e. The summed E-state index contributed by atoms with van der Waals surface area (Å²) in [7, 11) is 1.10. The van der Waals surface area contributed by atoms with Crippen LogP contribution in [-0.2, 0) is 18.4 Å². The molecular formula is C61H113N2O7P. The Balaban J connectivity index is 4.05. The summed E-state index contributed by atoms with van der Waals surface area (Å²) >= 11 is 0. The van der Waals surface area contributed by atoms with Gasteiger partial charge in [0, 0.05) is 6.42 Å². The summed E-state index contributed by atoms with van der Waals surface area (Å²) in [6.45, 7) is 4.27. The van der Waals surface area contributed by atoms with E-state index in [1.807, 2.05) is 21.1 Å². The molecule has 0 bridgehead atoms. The van der Waals surface area contributed by atoms with Crippen LogP contribution in [0, 0.1) is 0 Å². The van der Waals surface area contributed by atoms with Gasteiger partial charge in [0.05, 0.1) is 39.9 Å². The number of unbranched alkanes of at least 4 members (excludes halogenated alkanes) is 27. The zero-order valence-corrected chi connectivity index (χ0v) is 47.7. The fourth-order valence-corrected chi connectivity index (χ4v) is 9.10. The maximum absolute atomic E-state index is 13.0. The molecule has 0 aromatic rings. The molecule has 0 rings (SSSR count). The quantitative estimate of drug-likeness (QED) is 0.0240. The molecule has 10 heteroatoms. The van der Waals surface area contributed by atoms with E-state index in [-0.39, 0.29) is 18.9 Å². The van der Waals surface area contributed by atoms with Crippen molar-refractivity contribution in [1.82, 2.24) is 5.32 Å². The number of hydrogen-bond acceptors (Lipinski definition) is 7. The fraction of sp³-hybridized carbons (Fsp3) is 0.787. The van der Waals surface area contributed by atoms with Crippen molar-refractivity contribution in [3.8, 4) is 0 Å². The number of amides is 1. The number of allylic oxidation sites excluding steroid dienone is 12. The van der Waals surface area contributed by atoms with Crippen molar-refractivity contribution in [3.05, 3.63) is 72.9 Å². The molecule has 0 radical (unpaired) electrons. The first kappa shape index (κ1) is 68.9. The molecule has 0 aliphatic rings. The Morgan fingerprint density at radius 3 is 1.35 bits per heavy atom. The molecule has 1 amide bonds. The summed E-state index contributed by atoms with van der Waals surface area (Å²) in [6, 6.07) is -1.10. The van der Waals surface area contributed by atoms with Gasteiger partial charge in [-0.1, -0.05) is 228 Å². The molecule has 0 saturated heterocycles. The van der Waals surface area contributed by atoms with E-state index in [9.17, 15) is 24.5 Å². The normalized spacial score (nSPS) is 14.9. The van der Waals surface area contributed by atoms with Crippen LogP contribution in [0.15, 0.2) is 72.9 Å². The van der Waals surface area contributed by atoms with Crippen molar-refractivity contribution in [2.45, 2.75) is 270 Å². The summed E-state index contributed by atoms with van der Waals surface area (Å²) in [5.41, 5.74) is 0. The van der Waals surface area contributed by atoms with E-state index in [2.05, 4.69) is 92.1 Å². The van der Waals surface area contributed by atoms with Crippen molar-refractivity contribution < 1.29 is 38.0 Å². The van der Waals surface area contributed by atoms with Crippen LogP contribution in [0.3, 0.4) is 0 Å². The second-order valence-corrected chi connectivity index (χ2v) is 22.5. The van der Waals surface area contributed by atoms with Crippen LogP contribution in [0.25, 0.3) is 0 Å². The van der Waals surface area contributed by atoms with Crippen LogP contribution in [0.4, 0.5) is 0 Å². The van der Waals surface area contributed by atoms with Gasteiger partial charge in [-0.05, 0) is 89.9 Å². The van der Waals surface area contributed by atoms with Gasteiger partial charge in [-0.25, -0.2) is 0 Å². The molecule has 9 nitrogen and oxygen atoms in total. The maximum Gasteiger partial charge on any atom is 0.268 e. The van der Waals surface area contributed by atoms with Crippen molar-refractivity contribution in [1.29, 1.82) is 0 Å². The number of phosphoric ester groups is 1. The molecule has 0 saturated carbocycles. The molecule has 0 aromatic heterocycles. The number of likely N-dealkylation sites (N-methyl/N-ethyl adjacent to an activating group) is 1. The van der Waals surface area contributed by atoms with Gasteiger partial charge in [-0.2, -0.15) is 0 Å². The Kier molecular flexibility index (Phi) is 49.9. The van der Waals surface area contributed by atoms with Gasteiger partial charge < -0.3 is 34.0 Å². The Morgan fingerprint density at radius 1 is 0.521 bits per heavy atom. The van der Waals surface area contributed by atoms with Crippen molar-refractivity contribution in [2.75, 3.05) is 40.9 Å². The molecule has 3 N–H and O–H groups in total. The third kappa shape index (κ3) is 52.6. The van der Waals surface area contributed by atoms with Gasteiger partial charge in [-0.3, -0.25) is 9.36 Å². The van der Waals surface area contributed by atoms with Crippen LogP contribution in [0.1, 0.15) is 251 Å². The van der Waals surface area contributed by atoms with Gasteiger partial charge in [0.25, 0.3) is 7.82 Å². The number of carbonyl (C=O) groups excluding carboxylic acids is 1. The van der Waals surface area contributed by atoms with Crippen LogP contribution in [0.2, 0.25) is 0 Å². The van der Waals surface area contributed by atoms with Crippen LogP contribution < -0.4 is 10.2 Å². The van der Waals surface area contributed by atoms with Gasteiger partial charge in [0.15, 0.2) is 0 Å². The topological polar surface area (TPSA) is 128 Å². The number of nitrogens with one attached hydrogen (secondary N) is 1. The second kappa shape index (κ2) is 51.4.